The van der Waals surface area contributed by atoms with Crippen molar-refractivity contribution >= 4 is 23.5 Å². The number of halogens is 2. The first-order valence-corrected chi connectivity index (χ1v) is 8.21. The average Bonchev–Trinajstić information content (AvgIpc) is 2.53. The van der Waals surface area contributed by atoms with Crippen LogP contribution in [0, 0.1) is 6.92 Å². The Morgan fingerprint density at radius 3 is 2.75 bits per heavy atom. The zero-order chi connectivity index (χ0) is 17.4. The maximum Gasteiger partial charge on any atom is 0.319 e. The summed E-state index contributed by atoms with van der Waals surface area (Å²) in [4.78, 5) is 12.2. The van der Waals surface area contributed by atoms with E-state index in [2.05, 4.69) is 10.6 Å². The lowest BCUT2D eigenvalue weighted by molar-refractivity contribution is 0.247. The molecule has 0 saturated heterocycles. The molecule has 0 atom stereocenters. The molecule has 0 spiro atoms. The minimum Gasteiger partial charge on any atom is -0.492 e. The van der Waals surface area contributed by atoms with Crippen LogP contribution in [-0.2, 0) is 0 Å². The number of hydrogen-bond donors (Lipinski definition) is 2. The standard InChI is InChI=1S/C17H18F2N2O2S/c1-12-5-4-6-13(11-12)23-10-9-20-17(22)21-14-7-2-3-8-15(14)24-16(18)19/h2-8,11,16H,9-10H2,1H3,(H2,20,21,22). The van der Waals surface area contributed by atoms with Crippen molar-refractivity contribution < 1.29 is 18.3 Å². The van der Waals surface area contributed by atoms with Gasteiger partial charge in [-0.1, -0.05) is 36.0 Å². The number of para-hydroxylation sites is 1. The molecule has 2 rings (SSSR count). The first-order chi connectivity index (χ1) is 11.5. The monoisotopic (exact) mass is 352 g/mol. The Morgan fingerprint density at radius 2 is 2.00 bits per heavy atom. The number of nitrogens with one attached hydrogen (secondary N) is 2. The van der Waals surface area contributed by atoms with E-state index >= 15 is 0 Å². The first-order valence-electron chi connectivity index (χ1n) is 7.33. The van der Waals surface area contributed by atoms with Crippen molar-refractivity contribution in [2.75, 3.05) is 18.5 Å². The summed E-state index contributed by atoms with van der Waals surface area (Å²) < 4.78 is 30.5. The summed E-state index contributed by atoms with van der Waals surface area (Å²) in [7, 11) is 0. The van der Waals surface area contributed by atoms with Crippen LogP contribution < -0.4 is 15.4 Å². The first kappa shape index (κ1) is 18.1. The minimum absolute atomic E-state index is 0.296. The Kier molecular flexibility index (Phi) is 6.87. The molecule has 128 valence electrons. The zero-order valence-corrected chi connectivity index (χ0v) is 13.9. The molecule has 0 aromatic heterocycles. The Morgan fingerprint density at radius 1 is 1.21 bits per heavy atom. The van der Waals surface area contributed by atoms with Gasteiger partial charge in [0.05, 0.1) is 12.2 Å². The maximum absolute atomic E-state index is 12.5. The second-order valence-corrected chi connectivity index (χ2v) is 5.95. The SMILES string of the molecule is Cc1cccc(OCCNC(=O)Nc2ccccc2SC(F)F)c1. The second kappa shape index (κ2) is 9.12. The molecule has 0 aliphatic carbocycles. The van der Waals surface area contributed by atoms with Crippen molar-refractivity contribution in [2.24, 2.45) is 0 Å². The van der Waals surface area contributed by atoms with Crippen LogP contribution in [0.4, 0.5) is 19.3 Å². The number of thioether (sulfide) groups is 1. The fourth-order valence-corrected chi connectivity index (χ4v) is 2.57. The topological polar surface area (TPSA) is 50.4 Å². The summed E-state index contributed by atoms with van der Waals surface area (Å²) in [6, 6.07) is 13.6. The molecule has 2 amide bonds. The van der Waals surface area contributed by atoms with Gasteiger partial charge in [-0.15, -0.1) is 0 Å². The normalized spacial score (nSPS) is 10.5. The van der Waals surface area contributed by atoms with E-state index in [1.807, 2.05) is 31.2 Å². The molecule has 0 aliphatic rings. The molecule has 0 aliphatic heterocycles. The quantitative estimate of drug-likeness (QED) is 0.569. The predicted molar refractivity (Wildman–Crippen MR) is 92.0 cm³/mol. The number of alkyl halides is 2. The summed E-state index contributed by atoms with van der Waals surface area (Å²) in [5.41, 5.74) is 1.44. The van der Waals surface area contributed by atoms with Gasteiger partial charge in [-0.25, -0.2) is 4.79 Å². The van der Waals surface area contributed by atoms with Crippen molar-refractivity contribution in [3.05, 3.63) is 54.1 Å². The van der Waals surface area contributed by atoms with E-state index in [0.29, 0.717) is 35.5 Å². The molecule has 0 heterocycles. The van der Waals surface area contributed by atoms with Crippen molar-refractivity contribution in [3.63, 3.8) is 0 Å². The van der Waals surface area contributed by atoms with Crippen molar-refractivity contribution in [1.82, 2.24) is 5.32 Å². The number of amides is 2. The third-order valence-electron chi connectivity index (χ3n) is 3.00. The van der Waals surface area contributed by atoms with Crippen molar-refractivity contribution in [1.29, 1.82) is 0 Å². The molecule has 0 saturated carbocycles. The number of rotatable bonds is 7. The second-order valence-electron chi connectivity index (χ2n) is 4.92. The van der Waals surface area contributed by atoms with Gasteiger partial charge in [0, 0.05) is 4.90 Å². The van der Waals surface area contributed by atoms with Crippen LogP contribution in [0.25, 0.3) is 0 Å². The number of carbonyl (C=O) groups excluding carboxylic acids is 1. The van der Waals surface area contributed by atoms with Crippen LogP contribution in [0.5, 0.6) is 5.75 Å². The predicted octanol–water partition coefficient (Wildman–Crippen LogP) is 4.51. The van der Waals surface area contributed by atoms with E-state index in [0.717, 1.165) is 11.3 Å². The van der Waals surface area contributed by atoms with Gasteiger partial charge in [0.15, 0.2) is 0 Å². The highest BCUT2D eigenvalue weighted by molar-refractivity contribution is 7.99. The Bertz CT molecular complexity index is 683. The van der Waals surface area contributed by atoms with Gasteiger partial charge in [-0.2, -0.15) is 8.78 Å². The van der Waals surface area contributed by atoms with Crippen LogP contribution in [0.3, 0.4) is 0 Å². The summed E-state index contributed by atoms with van der Waals surface area (Å²) in [5, 5.41) is 5.19. The largest absolute Gasteiger partial charge is 0.492 e. The molecule has 24 heavy (non-hydrogen) atoms. The summed E-state index contributed by atoms with van der Waals surface area (Å²) in [6.45, 7) is 2.57. The number of hydrogen-bond acceptors (Lipinski definition) is 3. The summed E-state index contributed by atoms with van der Waals surface area (Å²) in [5.74, 6) is -1.81. The van der Waals surface area contributed by atoms with E-state index in [4.69, 9.17) is 4.74 Å². The highest BCUT2D eigenvalue weighted by atomic mass is 32.2. The summed E-state index contributed by atoms with van der Waals surface area (Å²) in [6.07, 6.45) is 0. The van der Waals surface area contributed by atoms with E-state index < -0.39 is 11.8 Å². The van der Waals surface area contributed by atoms with E-state index in [1.54, 1.807) is 18.2 Å². The summed E-state index contributed by atoms with van der Waals surface area (Å²) >= 11 is 0.393. The fraction of sp³-hybridized carbons (Fsp3) is 0.235. The Balaban J connectivity index is 1.77. The minimum atomic E-state index is -2.54. The lowest BCUT2D eigenvalue weighted by Gasteiger charge is -2.12. The lowest BCUT2D eigenvalue weighted by atomic mass is 10.2. The number of urea groups is 1. The van der Waals surface area contributed by atoms with Crippen LogP contribution >= 0.6 is 11.8 Å². The van der Waals surface area contributed by atoms with Gasteiger partial charge in [-0.05, 0) is 36.8 Å². The van der Waals surface area contributed by atoms with Crippen molar-refractivity contribution in [2.45, 2.75) is 17.6 Å². The van der Waals surface area contributed by atoms with Gasteiger partial charge >= 0.3 is 6.03 Å². The van der Waals surface area contributed by atoms with Crippen molar-refractivity contribution in [3.8, 4) is 5.75 Å². The highest BCUT2D eigenvalue weighted by Crippen LogP contribution is 2.31. The highest BCUT2D eigenvalue weighted by Gasteiger charge is 2.11. The van der Waals surface area contributed by atoms with Crippen LogP contribution in [0.2, 0.25) is 0 Å². The molecule has 0 radical (unpaired) electrons. The molecule has 2 N–H and O–H groups in total. The maximum atomic E-state index is 12.5. The van der Waals surface area contributed by atoms with Gasteiger partial charge in [0.1, 0.15) is 12.4 Å². The number of carbonyl (C=O) groups is 1. The van der Waals surface area contributed by atoms with E-state index in [1.165, 1.54) is 6.07 Å². The Labute approximate surface area is 143 Å². The molecular weight excluding hydrogens is 334 g/mol. The van der Waals surface area contributed by atoms with Crippen LogP contribution in [-0.4, -0.2) is 24.9 Å². The van der Waals surface area contributed by atoms with Gasteiger partial charge < -0.3 is 15.4 Å². The molecule has 4 nitrogen and oxygen atoms in total. The third-order valence-corrected chi connectivity index (χ3v) is 3.79. The molecular formula is C17H18F2N2O2S. The molecule has 0 bridgehead atoms. The number of aryl methyl sites for hydroxylation is 1. The van der Waals surface area contributed by atoms with Gasteiger partial charge in [0.25, 0.3) is 5.76 Å². The van der Waals surface area contributed by atoms with E-state index in [9.17, 15) is 13.6 Å². The molecule has 0 unspecified atom stereocenters. The number of ether oxygens (including phenoxy) is 1. The molecule has 2 aromatic rings. The zero-order valence-electron chi connectivity index (χ0n) is 13.1. The van der Waals surface area contributed by atoms with Gasteiger partial charge in [-0.3, -0.25) is 0 Å². The number of benzene rings is 2. The van der Waals surface area contributed by atoms with E-state index in [-0.39, 0.29) is 0 Å². The Hall–Kier alpha value is -2.28. The fourth-order valence-electron chi connectivity index (χ4n) is 1.97. The van der Waals surface area contributed by atoms with Crippen LogP contribution in [0.15, 0.2) is 53.4 Å². The number of anilines is 1. The molecule has 2 aromatic carbocycles. The van der Waals surface area contributed by atoms with Crippen LogP contribution in [0.1, 0.15) is 5.56 Å². The van der Waals surface area contributed by atoms with Gasteiger partial charge in [0.2, 0.25) is 0 Å². The average molecular weight is 352 g/mol. The lowest BCUT2D eigenvalue weighted by Crippen LogP contribution is -2.32. The third kappa shape index (κ3) is 6.08. The molecule has 0 fully saturated rings. The molecule has 7 heteroatoms. The smallest absolute Gasteiger partial charge is 0.319 e.